The highest BCUT2D eigenvalue weighted by molar-refractivity contribution is 5.94. The van der Waals surface area contributed by atoms with Gasteiger partial charge < -0.3 is 40.5 Å². The van der Waals surface area contributed by atoms with Gasteiger partial charge in [-0.25, -0.2) is 4.79 Å². The Kier molecular flexibility index (Phi) is 10.2. The molecule has 0 spiro atoms. The Bertz CT molecular complexity index is 1070. The minimum absolute atomic E-state index is 0.0159. The minimum atomic E-state index is -0.979. The fourth-order valence-electron chi connectivity index (χ4n) is 5.64. The van der Waals surface area contributed by atoms with E-state index in [2.05, 4.69) is 21.3 Å². The van der Waals surface area contributed by atoms with Crippen LogP contribution in [0.4, 0.5) is 4.79 Å². The van der Waals surface area contributed by atoms with Gasteiger partial charge in [-0.2, -0.15) is 0 Å². The Balaban J connectivity index is 1.50. The van der Waals surface area contributed by atoms with Crippen LogP contribution in [0.25, 0.3) is 0 Å². The maximum Gasteiger partial charge on any atom is 0.317 e. The molecule has 220 valence electrons. The van der Waals surface area contributed by atoms with E-state index in [1.807, 2.05) is 24.3 Å². The van der Waals surface area contributed by atoms with Crippen LogP contribution in [-0.4, -0.2) is 105 Å². The van der Waals surface area contributed by atoms with Gasteiger partial charge in [0.05, 0.1) is 25.2 Å². The molecule has 12 nitrogen and oxygen atoms in total. The number of benzene rings is 1. The molecule has 4 N–H and O–H groups in total. The van der Waals surface area contributed by atoms with Crippen LogP contribution in [0, 0.1) is 0 Å². The first-order chi connectivity index (χ1) is 19.3. The van der Waals surface area contributed by atoms with Crippen LogP contribution in [0.2, 0.25) is 0 Å². The van der Waals surface area contributed by atoms with Crippen LogP contribution in [0.15, 0.2) is 24.3 Å². The Morgan fingerprint density at radius 3 is 2.67 bits per heavy atom. The largest absolute Gasteiger partial charge is 0.493 e. The summed E-state index contributed by atoms with van der Waals surface area (Å²) in [5.74, 6) is -0.145. The molecule has 5 atom stereocenters. The van der Waals surface area contributed by atoms with E-state index in [1.54, 1.807) is 30.9 Å². The van der Waals surface area contributed by atoms with Gasteiger partial charge in [0.15, 0.2) is 0 Å². The van der Waals surface area contributed by atoms with Crippen molar-refractivity contribution in [3.8, 4) is 5.75 Å². The van der Waals surface area contributed by atoms with Gasteiger partial charge in [-0.15, -0.1) is 0 Å². The van der Waals surface area contributed by atoms with Crippen molar-refractivity contribution >= 4 is 23.8 Å². The van der Waals surface area contributed by atoms with Crippen LogP contribution < -0.4 is 26.0 Å². The van der Waals surface area contributed by atoms with Crippen molar-refractivity contribution in [2.75, 3.05) is 47.0 Å². The zero-order chi connectivity index (χ0) is 28.6. The molecule has 2 saturated heterocycles. The summed E-state index contributed by atoms with van der Waals surface area (Å²) >= 11 is 0. The van der Waals surface area contributed by atoms with Crippen LogP contribution in [0.5, 0.6) is 5.75 Å². The molecule has 0 radical (unpaired) electrons. The molecule has 4 rings (SSSR count). The number of likely N-dealkylation sites (N-methyl/N-ethyl adjacent to an activating group) is 1. The van der Waals surface area contributed by atoms with E-state index in [-0.39, 0.29) is 42.4 Å². The van der Waals surface area contributed by atoms with Crippen molar-refractivity contribution in [3.63, 3.8) is 0 Å². The number of hydrogen-bond acceptors (Lipinski definition) is 7. The summed E-state index contributed by atoms with van der Waals surface area (Å²) in [5, 5.41) is 11.8. The number of fused-ring (bicyclic) bond motifs is 2. The molecule has 0 aliphatic carbocycles. The molecule has 0 saturated carbocycles. The summed E-state index contributed by atoms with van der Waals surface area (Å²) in [6.45, 7) is 3.59. The Hall–Kier alpha value is -3.38. The normalized spacial score (nSPS) is 25.0. The summed E-state index contributed by atoms with van der Waals surface area (Å²) < 4.78 is 10.8. The monoisotopic (exact) mass is 558 g/mol. The lowest BCUT2D eigenvalue weighted by Crippen LogP contribution is -2.63. The van der Waals surface area contributed by atoms with E-state index in [1.165, 1.54) is 0 Å². The van der Waals surface area contributed by atoms with Gasteiger partial charge in [0, 0.05) is 44.8 Å². The van der Waals surface area contributed by atoms with Crippen molar-refractivity contribution in [2.24, 2.45) is 0 Å². The first-order valence-electron chi connectivity index (χ1n) is 14.2. The average molecular weight is 559 g/mol. The number of rotatable bonds is 9. The van der Waals surface area contributed by atoms with Gasteiger partial charge in [0.1, 0.15) is 17.8 Å². The third-order valence-electron chi connectivity index (χ3n) is 8.00. The van der Waals surface area contributed by atoms with E-state index in [4.69, 9.17) is 9.47 Å². The number of carbonyl (C=O) groups excluding carboxylic acids is 4. The van der Waals surface area contributed by atoms with Crippen LogP contribution in [-0.2, 0) is 19.1 Å². The highest BCUT2D eigenvalue weighted by Gasteiger charge is 2.46. The van der Waals surface area contributed by atoms with Gasteiger partial charge in [0.2, 0.25) is 17.7 Å². The van der Waals surface area contributed by atoms with E-state index in [0.29, 0.717) is 58.4 Å². The molecular weight excluding hydrogens is 516 g/mol. The maximum atomic E-state index is 14.0. The van der Waals surface area contributed by atoms with Crippen molar-refractivity contribution in [2.45, 2.75) is 69.2 Å². The average Bonchev–Trinajstić information content (AvgIpc) is 3.38. The molecule has 12 heteroatoms. The third kappa shape index (κ3) is 6.84. The van der Waals surface area contributed by atoms with E-state index in [0.717, 1.165) is 11.3 Å². The SMILES string of the molecule is CN[C@@H](C)C(=O)N[C@H]1CN(C(=O)NCCCOC)CC[C@H]2CC[C@@H](C(=O)N[C@@H]3CCOc4ccccc43)N2C1=O. The molecule has 5 amide bonds. The van der Waals surface area contributed by atoms with Gasteiger partial charge in [-0.1, -0.05) is 18.2 Å². The molecule has 1 aromatic rings. The quantitative estimate of drug-likeness (QED) is 0.324. The zero-order valence-corrected chi connectivity index (χ0v) is 23.6. The molecule has 3 aliphatic rings. The molecule has 0 bridgehead atoms. The minimum Gasteiger partial charge on any atom is -0.493 e. The summed E-state index contributed by atoms with van der Waals surface area (Å²) in [6, 6.07) is 4.79. The number of nitrogens with zero attached hydrogens (tertiary/aromatic N) is 2. The van der Waals surface area contributed by atoms with Crippen LogP contribution in [0.1, 0.15) is 50.6 Å². The third-order valence-corrected chi connectivity index (χ3v) is 8.00. The molecule has 3 heterocycles. The zero-order valence-electron chi connectivity index (χ0n) is 23.6. The maximum absolute atomic E-state index is 14.0. The molecule has 0 unspecified atom stereocenters. The summed E-state index contributed by atoms with van der Waals surface area (Å²) in [7, 11) is 3.27. The Labute approximate surface area is 235 Å². The van der Waals surface area contributed by atoms with Crippen LogP contribution >= 0.6 is 0 Å². The lowest BCUT2D eigenvalue weighted by atomic mass is 10.00. The second-order valence-corrected chi connectivity index (χ2v) is 10.6. The highest BCUT2D eigenvalue weighted by Crippen LogP contribution is 2.33. The molecule has 1 aromatic carbocycles. The molecular formula is C28H42N6O6. The second kappa shape index (κ2) is 13.8. The second-order valence-electron chi connectivity index (χ2n) is 10.6. The predicted molar refractivity (Wildman–Crippen MR) is 148 cm³/mol. The van der Waals surface area contributed by atoms with Crippen molar-refractivity contribution in [3.05, 3.63) is 29.8 Å². The lowest BCUT2D eigenvalue weighted by molar-refractivity contribution is -0.145. The Morgan fingerprint density at radius 1 is 1.10 bits per heavy atom. The number of hydrogen-bond donors (Lipinski definition) is 4. The van der Waals surface area contributed by atoms with Crippen LogP contribution in [0.3, 0.4) is 0 Å². The van der Waals surface area contributed by atoms with Gasteiger partial charge in [0.25, 0.3) is 0 Å². The first-order valence-corrected chi connectivity index (χ1v) is 14.2. The molecule has 0 aromatic heterocycles. The fraction of sp³-hybridized carbons (Fsp3) is 0.643. The lowest BCUT2D eigenvalue weighted by Gasteiger charge is -2.39. The van der Waals surface area contributed by atoms with E-state index < -0.39 is 18.1 Å². The highest BCUT2D eigenvalue weighted by atomic mass is 16.5. The first kappa shape index (κ1) is 29.6. The van der Waals surface area contributed by atoms with Gasteiger partial charge in [-0.05, 0) is 45.7 Å². The Morgan fingerprint density at radius 2 is 1.90 bits per heavy atom. The number of amides is 5. The number of carbonyl (C=O) groups is 4. The number of nitrogens with one attached hydrogen (secondary N) is 4. The summed E-state index contributed by atoms with van der Waals surface area (Å²) in [6.07, 6.45) is 3.02. The van der Waals surface area contributed by atoms with Crippen molar-refractivity contribution in [1.82, 2.24) is 31.1 Å². The summed E-state index contributed by atoms with van der Waals surface area (Å²) in [4.78, 5) is 56.7. The number of urea groups is 1. The number of para-hydroxylation sites is 1. The smallest absolute Gasteiger partial charge is 0.317 e. The topological polar surface area (TPSA) is 141 Å². The van der Waals surface area contributed by atoms with Crippen molar-refractivity contribution < 1.29 is 28.7 Å². The van der Waals surface area contributed by atoms with E-state index >= 15 is 0 Å². The van der Waals surface area contributed by atoms with Crippen molar-refractivity contribution in [1.29, 1.82) is 0 Å². The van der Waals surface area contributed by atoms with E-state index in [9.17, 15) is 19.2 Å². The fourth-order valence-corrected chi connectivity index (χ4v) is 5.64. The number of ether oxygens (including phenoxy) is 2. The van der Waals surface area contributed by atoms with Gasteiger partial charge in [-0.3, -0.25) is 14.4 Å². The molecule has 2 fully saturated rings. The molecule has 3 aliphatic heterocycles. The summed E-state index contributed by atoms with van der Waals surface area (Å²) in [5.41, 5.74) is 0.925. The van der Waals surface area contributed by atoms with Gasteiger partial charge >= 0.3 is 6.03 Å². The standard InChI is InChI=1S/C28H42N6O6/c1-18(29-2)25(35)32-22-17-33(28(38)30-13-6-15-39-3)14-11-19-9-10-23(34(19)27(22)37)26(36)31-21-12-16-40-24-8-5-4-7-20(21)24/h4-5,7-8,18-19,21-23,29H,6,9-17H2,1-3H3,(H,30,38)(H,31,36)(H,32,35)/t18-,19+,21+,22-,23-/m0/s1. The predicted octanol–water partition coefficient (Wildman–Crippen LogP) is 0.531. The number of methoxy groups -OCH3 is 1. The molecule has 40 heavy (non-hydrogen) atoms.